The maximum atomic E-state index is 6.02. The molecule has 1 aromatic carbocycles. The number of para-hydroxylation sites is 1. The van der Waals surface area contributed by atoms with Crippen molar-refractivity contribution in [1.29, 1.82) is 0 Å². The maximum absolute atomic E-state index is 6.02. The van der Waals surface area contributed by atoms with Crippen LogP contribution in [0.2, 0.25) is 0 Å². The van der Waals surface area contributed by atoms with Crippen molar-refractivity contribution in [2.24, 2.45) is 5.92 Å². The fourth-order valence-electron chi connectivity index (χ4n) is 2.63. The van der Waals surface area contributed by atoms with Crippen LogP contribution in [0.5, 0.6) is 5.75 Å². The molecule has 0 saturated carbocycles. The van der Waals surface area contributed by atoms with Crippen molar-refractivity contribution in [3.63, 3.8) is 0 Å². The molecule has 0 fully saturated rings. The van der Waals surface area contributed by atoms with Gasteiger partial charge in [0.1, 0.15) is 11.9 Å². The quantitative estimate of drug-likeness (QED) is 0.746. The second-order valence-electron chi connectivity index (χ2n) is 5.27. The normalized spacial score (nSPS) is 19.3. The van der Waals surface area contributed by atoms with Gasteiger partial charge >= 0.3 is 0 Å². The van der Waals surface area contributed by atoms with E-state index in [2.05, 4.69) is 43.4 Å². The molecule has 100 valence electrons. The molecule has 2 atom stereocenters. The van der Waals surface area contributed by atoms with Gasteiger partial charge in [0.05, 0.1) is 0 Å². The smallest absolute Gasteiger partial charge is 0.123 e. The van der Waals surface area contributed by atoms with E-state index < -0.39 is 0 Å². The number of ether oxygens (including phenoxy) is 1. The molecule has 1 N–H and O–H groups in total. The first-order valence-corrected chi connectivity index (χ1v) is 7.28. The summed E-state index contributed by atoms with van der Waals surface area (Å²) >= 11 is 0. The van der Waals surface area contributed by atoms with Crippen LogP contribution in [0.3, 0.4) is 0 Å². The lowest BCUT2D eigenvalue weighted by Gasteiger charge is -2.19. The molecular formula is C16H25NO. The van der Waals surface area contributed by atoms with Crippen LogP contribution in [0.15, 0.2) is 24.3 Å². The van der Waals surface area contributed by atoms with E-state index in [0.29, 0.717) is 6.10 Å². The van der Waals surface area contributed by atoms with Crippen molar-refractivity contribution in [3.8, 4) is 5.75 Å². The second-order valence-corrected chi connectivity index (χ2v) is 5.27. The molecule has 0 bridgehead atoms. The number of fused-ring (bicyclic) bond motifs is 1. The largest absolute Gasteiger partial charge is 0.490 e. The van der Waals surface area contributed by atoms with Crippen LogP contribution in [-0.4, -0.2) is 19.2 Å². The summed E-state index contributed by atoms with van der Waals surface area (Å²) in [5.41, 5.74) is 1.37. The Hall–Kier alpha value is -1.02. The highest BCUT2D eigenvalue weighted by molar-refractivity contribution is 5.37. The first-order chi connectivity index (χ1) is 8.83. The molecule has 1 heterocycles. The molecule has 1 aliphatic rings. The maximum Gasteiger partial charge on any atom is 0.123 e. The molecule has 2 nitrogen and oxygen atoms in total. The predicted octanol–water partition coefficient (Wildman–Crippen LogP) is 3.41. The molecule has 1 aromatic rings. The lowest BCUT2D eigenvalue weighted by molar-refractivity contribution is 0.190. The molecule has 1 aliphatic heterocycles. The number of rotatable bonds is 7. The molecule has 0 amide bonds. The van der Waals surface area contributed by atoms with E-state index in [1.807, 2.05) is 0 Å². The van der Waals surface area contributed by atoms with Crippen LogP contribution in [-0.2, 0) is 6.42 Å². The number of hydrogen-bond donors (Lipinski definition) is 1. The van der Waals surface area contributed by atoms with Crippen molar-refractivity contribution in [3.05, 3.63) is 29.8 Å². The van der Waals surface area contributed by atoms with Crippen LogP contribution < -0.4 is 10.1 Å². The lowest BCUT2D eigenvalue weighted by Crippen LogP contribution is -2.27. The SMILES string of the molecule is CCCNCC(CC)CC1Cc2ccccc2O1. The molecule has 2 unspecified atom stereocenters. The zero-order valence-electron chi connectivity index (χ0n) is 11.6. The van der Waals surface area contributed by atoms with Crippen molar-refractivity contribution >= 4 is 0 Å². The third-order valence-corrected chi connectivity index (χ3v) is 3.75. The van der Waals surface area contributed by atoms with Crippen LogP contribution in [0.1, 0.15) is 38.7 Å². The van der Waals surface area contributed by atoms with Gasteiger partial charge in [-0.15, -0.1) is 0 Å². The van der Waals surface area contributed by atoms with E-state index >= 15 is 0 Å². The van der Waals surface area contributed by atoms with Gasteiger partial charge in [0.25, 0.3) is 0 Å². The van der Waals surface area contributed by atoms with Gasteiger partial charge in [-0.05, 0) is 43.5 Å². The summed E-state index contributed by atoms with van der Waals surface area (Å²) < 4.78 is 6.02. The summed E-state index contributed by atoms with van der Waals surface area (Å²) in [6.07, 6.45) is 5.08. The fourth-order valence-corrected chi connectivity index (χ4v) is 2.63. The molecule has 2 heteroatoms. The van der Waals surface area contributed by atoms with Gasteiger partial charge in [0.2, 0.25) is 0 Å². The monoisotopic (exact) mass is 247 g/mol. The molecule has 0 aromatic heterocycles. The second kappa shape index (κ2) is 6.79. The van der Waals surface area contributed by atoms with Gasteiger partial charge in [0, 0.05) is 6.42 Å². The van der Waals surface area contributed by atoms with Gasteiger partial charge in [-0.2, -0.15) is 0 Å². The summed E-state index contributed by atoms with van der Waals surface area (Å²) in [7, 11) is 0. The molecule has 18 heavy (non-hydrogen) atoms. The Labute approximate surface area is 111 Å². The molecule has 0 radical (unpaired) electrons. The van der Waals surface area contributed by atoms with E-state index in [9.17, 15) is 0 Å². The minimum atomic E-state index is 0.385. The Morgan fingerprint density at radius 1 is 1.33 bits per heavy atom. The fraction of sp³-hybridized carbons (Fsp3) is 0.625. The Morgan fingerprint density at radius 2 is 2.17 bits per heavy atom. The Kier molecular flexibility index (Phi) is 5.06. The third kappa shape index (κ3) is 3.49. The zero-order chi connectivity index (χ0) is 12.8. The summed E-state index contributed by atoms with van der Waals surface area (Å²) in [5.74, 6) is 1.83. The van der Waals surface area contributed by atoms with Crippen molar-refractivity contribution in [1.82, 2.24) is 5.32 Å². The summed E-state index contributed by atoms with van der Waals surface area (Å²) in [5, 5.41) is 3.53. The Morgan fingerprint density at radius 3 is 2.89 bits per heavy atom. The van der Waals surface area contributed by atoms with Gasteiger partial charge in [-0.25, -0.2) is 0 Å². The van der Waals surface area contributed by atoms with E-state index in [1.165, 1.54) is 24.8 Å². The highest BCUT2D eigenvalue weighted by Gasteiger charge is 2.24. The first kappa shape index (κ1) is 13.4. The van der Waals surface area contributed by atoms with Crippen molar-refractivity contribution in [2.75, 3.05) is 13.1 Å². The standard InChI is InChI=1S/C16H25NO/c1-3-9-17-12-13(4-2)10-15-11-14-7-5-6-8-16(14)18-15/h5-8,13,15,17H,3-4,9-12H2,1-2H3. The predicted molar refractivity (Wildman–Crippen MR) is 76.1 cm³/mol. The molecular weight excluding hydrogens is 222 g/mol. The van der Waals surface area contributed by atoms with Crippen molar-refractivity contribution < 1.29 is 4.74 Å². The highest BCUT2D eigenvalue weighted by Crippen LogP contribution is 2.31. The number of nitrogens with one attached hydrogen (secondary N) is 1. The summed E-state index contributed by atoms with van der Waals surface area (Å²) in [6.45, 7) is 6.74. The third-order valence-electron chi connectivity index (χ3n) is 3.75. The molecule has 0 aliphatic carbocycles. The lowest BCUT2D eigenvalue weighted by atomic mass is 9.96. The van der Waals surface area contributed by atoms with E-state index in [0.717, 1.165) is 31.2 Å². The van der Waals surface area contributed by atoms with Crippen LogP contribution >= 0.6 is 0 Å². The summed E-state index contributed by atoms with van der Waals surface area (Å²) in [4.78, 5) is 0. The van der Waals surface area contributed by atoms with Crippen LogP contribution in [0.4, 0.5) is 0 Å². The van der Waals surface area contributed by atoms with E-state index in [1.54, 1.807) is 0 Å². The minimum Gasteiger partial charge on any atom is -0.490 e. The number of hydrogen-bond acceptors (Lipinski definition) is 2. The van der Waals surface area contributed by atoms with Gasteiger partial charge in [-0.3, -0.25) is 0 Å². The molecule has 0 spiro atoms. The van der Waals surface area contributed by atoms with Gasteiger partial charge in [-0.1, -0.05) is 38.5 Å². The van der Waals surface area contributed by atoms with E-state index in [4.69, 9.17) is 4.74 Å². The molecule has 2 rings (SSSR count). The highest BCUT2D eigenvalue weighted by atomic mass is 16.5. The van der Waals surface area contributed by atoms with Crippen LogP contribution in [0, 0.1) is 5.92 Å². The van der Waals surface area contributed by atoms with E-state index in [-0.39, 0.29) is 0 Å². The van der Waals surface area contributed by atoms with Crippen molar-refractivity contribution in [2.45, 2.75) is 45.6 Å². The van der Waals surface area contributed by atoms with Gasteiger partial charge in [0.15, 0.2) is 0 Å². The van der Waals surface area contributed by atoms with Gasteiger partial charge < -0.3 is 10.1 Å². The average molecular weight is 247 g/mol. The average Bonchev–Trinajstić information content (AvgIpc) is 2.80. The number of benzene rings is 1. The zero-order valence-corrected chi connectivity index (χ0v) is 11.6. The molecule has 0 saturated heterocycles. The Bertz CT molecular complexity index is 339. The topological polar surface area (TPSA) is 21.3 Å². The Balaban J connectivity index is 1.80. The minimum absolute atomic E-state index is 0.385. The first-order valence-electron chi connectivity index (χ1n) is 7.28. The van der Waals surface area contributed by atoms with Crippen LogP contribution in [0.25, 0.3) is 0 Å². The summed E-state index contributed by atoms with van der Waals surface area (Å²) in [6, 6.07) is 8.43.